The van der Waals surface area contributed by atoms with Crippen LogP contribution in [0.3, 0.4) is 0 Å². The van der Waals surface area contributed by atoms with Crippen molar-refractivity contribution in [1.82, 2.24) is 10.2 Å². The average Bonchev–Trinajstić information content (AvgIpc) is 2.33. The van der Waals surface area contributed by atoms with E-state index in [2.05, 4.69) is 21.2 Å². The van der Waals surface area contributed by atoms with Crippen LogP contribution in [-0.2, 0) is 16.1 Å². The fourth-order valence-electron chi connectivity index (χ4n) is 1.59. The van der Waals surface area contributed by atoms with Gasteiger partial charge in [0, 0.05) is 29.7 Å². The SMILES string of the molecule is COCCNC(=O)CN(C)Cc1ccc(Br)cc1Cl. The first-order valence-electron chi connectivity index (χ1n) is 5.91. The molecule has 0 aliphatic carbocycles. The maximum absolute atomic E-state index is 11.6. The lowest BCUT2D eigenvalue weighted by atomic mass is 10.2. The van der Waals surface area contributed by atoms with Crippen molar-refractivity contribution < 1.29 is 9.53 Å². The third-order valence-electron chi connectivity index (χ3n) is 2.50. The number of rotatable bonds is 7. The van der Waals surface area contributed by atoms with Gasteiger partial charge in [-0.1, -0.05) is 33.6 Å². The molecule has 1 N–H and O–H groups in total. The Balaban J connectivity index is 2.42. The lowest BCUT2D eigenvalue weighted by Crippen LogP contribution is -2.36. The third kappa shape index (κ3) is 6.38. The first-order chi connectivity index (χ1) is 9.02. The van der Waals surface area contributed by atoms with E-state index in [0.717, 1.165) is 10.0 Å². The molecule has 0 saturated heterocycles. The highest BCUT2D eigenvalue weighted by Crippen LogP contribution is 2.22. The Morgan fingerprint density at radius 1 is 1.53 bits per heavy atom. The van der Waals surface area contributed by atoms with Crippen LogP contribution in [0.4, 0.5) is 0 Å². The predicted molar refractivity (Wildman–Crippen MR) is 80.4 cm³/mol. The minimum Gasteiger partial charge on any atom is -0.383 e. The van der Waals surface area contributed by atoms with Crippen molar-refractivity contribution in [2.45, 2.75) is 6.54 Å². The van der Waals surface area contributed by atoms with Crippen LogP contribution >= 0.6 is 27.5 Å². The number of amides is 1. The number of halogens is 2. The van der Waals surface area contributed by atoms with Crippen LogP contribution in [0, 0.1) is 0 Å². The van der Waals surface area contributed by atoms with Gasteiger partial charge in [0.05, 0.1) is 13.2 Å². The van der Waals surface area contributed by atoms with E-state index in [0.29, 0.717) is 31.3 Å². The minimum absolute atomic E-state index is 0.0206. The summed E-state index contributed by atoms with van der Waals surface area (Å²) in [6.45, 7) is 2.01. The normalized spacial score (nSPS) is 10.8. The molecule has 0 unspecified atom stereocenters. The molecule has 0 bridgehead atoms. The fraction of sp³-hybridized carbons (Fsp3) is 0.462. The Kier molecular flexibility index (Phi) is 7.38. The number of benzene rings is 1. The molecule has 1 rings (SSSR count). The van der Waals surface area contributed by atoms with Gasteiger partial charge in [0.25, 0.3) is 0 Å². The van der Waals surface area contributed by atoms with Gasteiger partial charge in [-0.15, -0.1) is 0 Å². The number of carbonyl (C=O) groups excluding carboxylic acids is 1. The molecule has 0 aromatic heterocycles. The summed E-state index contributed by atoms with van der Waals surface area (Å²) >= 11 is 9.50. The number of nitrogens with one attached hydrogen (secondary N) is 1. The summed E-state index contributed by atoms with van der Waals surface area (Å²) in [5.74, 6) is -0.0206. The molecule has 0 aliphatic heterocycles. The third-order valence-corrected chi connectivity index (χ3v) is 3.34. The zero-order valence-electron chi connectivity index (χ0n) is 11.1. The van der Waals surface area contributed by atoms with Crippen LogP contribution in [0.15, 0.2) is 22.7 Å². The van der Waals surface area contributed by atoms with Crippen molar-refractivity contribution in [2.75, 3.05) is 33.9 Å². The van der Waals surface area contributed by atoms with Crippen molar-refractivity contribution >= 4 is 33.4 Å². The number of hydrogen-bond donors (Lipinski definition) is 1. The largest absolute Gasteiger partial charge is 0.383 e. The Hall–Kier alpha value is -0.620. The maximum atomic E-state index is 11.6. The first-order valence-corrected chi connectivity index (χ1v) is 7.08. The summed E-state index contributed by atoms with van der Waals surface area (Å²) < 4.78 is 5.82. The predicted octanol–water partition coefficient (Wildman–Crippen LogP) is 2.30. The van der Waals surface area contributed by atoms with Gasteiger partial charge in [0.1, 0.15) is 0 Å². The van der Waals surface area contributed by atoms with Gasteiger partial charge in [-0.2, -0.15) is 0 Å². The van der Waals surface area contributed by atoms with Crippen molar-refractivity contribution in [3.63, 3.8) is 0 Å². The van der Waals surface area contributed by atoms with Gasteiger partial charge >= 0.3 is 0 Å². The lowest BCUT2D eigenvalue weighted by Gasteiger charge is -2.17. The first kappa shape index (κ1) is 16.4. The second kappa shape index (κ2) is 8.53. The van der Waals surface area contributed by atoms with Gasteiger partial charge in [-0.25, -0.2) is 0 Å². The quantitative estimate of drug-likeness (QED) is 0.768. The Morgan fingerprint density at radius 3 is 2.89 bits per heavy atom. The zero-order valence-corrected chi connectivity index (χ0v) is 13.4. The van der Waals surface area contributed by atoms with E-state index in [1.807, 2.05) is 30.1 Å². The van der Waals surface area contributed by atoms with Gasteiger partial charge in [-0.05, 0) is 24.7 Å². The Bertz CT molecular complexity index is 429. The average molecular weight is 350 g/mol. The molecular formula is C13H18BrClN2O2. The summed E-state index contributed by atoms with van der Waals surface area (Å²) in [7, 11) is 3.49. The number of likely N-dealkylation sites (N-methyl/N-ethyl adjacent to an activating group) is 1. The van der Waals surface area contributed by atoms with E-state index in [1.54, 1.807) is 7.11 Å². The molecule has 0 radical (unpaired) electrons. The molecule has 6 heteroatoms. The second-order valence-corrected chi connectivity index (χ2v) is 5.57. The maximum Gasteiger partial charge on any atom is 0.234 e. The van der Waals surface area contributed by atoms with E-state index < -0.39 is 0 Å². The standard InChI is InChI=1S/C13H18BrClN2O2/c1-17(9-13(18)16-5-6-19-2)8-10-3-4-11(14)7-12(10)15/h3-4,7H,5-6,8-9H2,1-2H3,(H,16,18). The van der Waals surface area contributed by atoms with Gasteiger partial charge < -0.3 is 10.1 Å². The molecule has 106 valence electrons. The molecule has 0 spiro atoms. The van der Waals surface area contributed by atoms with Gasteiger partial charge in [0.2, 0.25) is 5.91 Å². The van der Waals surface area contributed by atoms with E-state index in [1.165, 1.54) is 0 Å². The van der Waals surface area contributed by atoms with Crippen LogP contribution in [0.1, 0.15) is 5.56 Å². The van der Waals surface area contributed by atoms with Crippen molar-refractivity contribution in [1.29, 1.82) is 0 Å². The minimum atomic E-state index is -0.0206. The monoisotopic (exact) mass is 348 g/mol. The highest BCUT2D eigenvalue weighted by molar-refractivity contribution is 9.10. The molecule has 4 nitrogen and oxygen atoms in total. The smallest absolute Gasteiger partial charge is 0.234 e. The molecule has 0 atom stereocenters. The summed E-state index contributed by atoms with van der Waals surface area (Å²) in [6, 6.07) is 5.74. The van der Waals surface area contributed by atoms with Crippen molar-refractivity contribution in [2.24, 2.45) is 0 Å². The van der Waals surface area contributed by atoms with Crippen LogP contribution in [-0.4, -0.2) is 44.7 Å². The summed E-state index contributed by atoms with van der Waals surface area (Å²) in [6.07, 6.45) is 0. The highest BCUT2D eigenvalue weighted by atomic mass is 79.9. The van der Waals surface area contributed by atoms with Crippen LogP contribution in [0.2, 0.25) is 5.02 Å². The molecule has 0 heterocycles. The fourth-order valence-corrected chi connectivity index (χ4v) is 2.32. The highest BCUT2D eigenvalue weighted by Gasteiger charge is 2.09. The Labute approximate surface area is 127 Å². The Morgan fingerprint density at radius 2 is 2.26 bits per heavy atom. The molecule has 1 aromatic rings. The van der Waals surface area contributed by atoms with Crippen LogP contribution in [0.25, 0.3) is 0 Å². The molecule has 0 aliphatic rings. The summed E-state index contributed by atoms with van der Waals surface area (Å²) in [4.78, 5) is 13.5. The van der Waals surface area contributed by atoms with E-state index in [4.69, 9.17) is 16.3 Å². The van der Waals surface area contributed by atoms with Gasteiger partial charge in [0.15, 0.2) is 0 Å². The van der Waals surface area contributed by atoms with E-state index in [-0.39, 0.29) is 5.91 Å². The summed E-state index contributed by atoms with van der Waals surface area (Å²) in [5, 5.41) is 3.47. The molecule has 19 heavy (non-hydrogen) atoms. The van der Waals surface area contributed by atoms with Crippen molar-refractivity contribution in [3.05, 3.63) is 33.3 Å². The number of methoxy groups -OCH3 is 1. The molecular weight excluding hydrogens is 332 g/mol. The van der Waals surface area contributed by atoms with E-state index >= 15 is 0 Å². The number of nitrogens with zero attached hydrogens (tertiary/aromatic N) is 1. The van der Waals surface area contributed by atoms with Crippen molar-refractivity contribution in [3.8, 4) is 0 Å². The number of hydrogen-bond acceptors (Lipinski definition) is 3. The topological polar surface area (TPSA) is 41.6 Å². The van der Waals surface area contributed by atoms with E-state index in [9.17, 15) is 4.79 Å². The molecule has 0 fully saturated rings. The van der Waals surface area contributed by atoms with Gasteiger partial charge in [-0.3, -0.25) is 9.69 Å². The second-order valence-electron chi connectivity index (χ2n) is 4.25. The zero-order chi connectivity index (χ0) is 14.3. The lowest BCUT2D eigenvalue weighted by molar-refractivity contribution is -0.122. The molecule has 1 amide bonds. The van der Waals surface area contributed by atoms with Crippen LogP contribution < -0.4 is 5.32 Å². The summed E-state index contributed by atoms with van der Waals surface area (Å²) in [5.41, 5.74) is 0.997. The number of carbonyl (C=O) groups is 1. The molecule has 0 saturated carbocycles. The molecule has 1 aromatic carbocycles. The van der Waals surface area contributed by atoms with Crippen LogP contribution in [0.5, 0.6) is 0 Å². The number of ether oxygens (including phenoxy) is 1.